The molecule has 1 aliphatic rings. The van der Waals surface area contributed by atoms with Crippen LogP contribution in [0.2, 0.25) is 0 Å². The quantitative estimate of drug-likeness (QED) is 0.826. The van der Waals surface area contributed by atoms with E-state index in [0.29, 0.717) is 25.3 Å². The first-order valence-electron chi connectivity index (χ1n) is 6.84. The highest BCUT2D eigenvalue weighted by Crippen LogP contribution is 2.15. The van der Waals surface area contributed by atoms with Gasteiger partial charge in [0, 0.05) is 17.7 Å². The van der Waals surface area contributed by atoms with Crippen molar-refractivity contribution in [3.05, 3.63) is 35.4 Å². The molecule has 1 atom stereocenters. The fourth-order valence-electron chi connectivity index (χ4n) is 2.26. The van der Waals surface area contributed by atoms with Crippen LogP contribution < -0.4 is 0 Å². The van der Waals surface area contributed by atoms with E-state index in [4.69, 9.17) is 9.84 Å². The minimum Gasteiger partial charge on any atom is -0.384 e. The Morgan fingerprint density at radius 1 is 1.45 bits per heavy atom. The average Bonchev–Trinajstić information content (AvgIpc) is 2.52. The van der Waals surface area contributed by atoms with E-state index in [2.05, 4.69) is 18.8 Å². The molecule has 4 nitrogen and oxygen atoms in total. The summed E-state index contributed by atoms with van der Waals surface area (Å²) in [6.07, 6.45) is 0.895. The lowest BCUT2D eigenvalue weighted by Crippen LogP contribution is -2.48. The minimum atomic E-state index is -0.160. The fraction of sp³-hybridized carbons (Fsp3) is 0.438. The molecule has 1 unspecified atom stereocenters. The number of amides is 1. The van der Waals surface area contributed by atoms with Crippen molar-refractivity contribution >= 4 is 5.91 Å². The van der Waals surface area contributed by atoms with Crippen molar-refractivity contribution in [2.24, 2.45) is 0 Å². The molecule has 0 bridgehead atoms. The molecule has 0 saturated carbocycles. The molecule has 1 aromatic rings. The Labute approximate surface area is 119 Å². The Kier molecular flexibility index (Phi) is 5.16. The number of nitrogens with zero attached hydrogens (tertiary/aromatic N) is 1. The molecule has 20 heavy (non-hydrogen) atoms. The average molecular weight is 273 g/mol. The molecule has 1 aromatic carbocycles. The lowest BCUT2D eigenvalue weighted by atomic mass is 10.1. The van der Waals surface area contributed by atoms with Gasteiger partial charge < -0.3 is 14.7 Å². The van der Waals surface area contributed by atoms with Gasteiger partial charge in [0.25, 0.3) is 5.91 Å². The van der Waals surface area contributed by atoms with E-state index in [-0.39, 0.29) is 18.6 Å². The minimum absolute atomic E-state index is 0.0433. The lowest BCUT2D eigenvalue weighted by molar-refractivity contribution is -0.00279. The number of hydrogen-bond donors (Lipinski definition) is 1. The summed E-state index contributed by atoms with van der Waals surface area (Å²) in [5.41, 5.74) is 1.46. The second kappa shape index (κ2) is 7.09. The third-order valence-electron chi connectivity index (χ3n) is 3.40. The number of ether oxygens (including phenoxy) is 1. The highest BCUT2D eigenvalue weighted by atomic mass is 16.5. The van der Waals surface area contributed by atoms with Crippen LogP contribution in [0.4, 0.5) is 0 Å². The number of morpholine rings is 1. The van der Waals surface area contributed by atoms with Gasteiger partial charge in [-0.25, -0.2) is 0 Å². The molecule has 1 N–H and O–H groups in total. The molecule has 0 radical (unpaired) electrons. The molecular weight excluding hydrogens is 254 g/mol. The van der Waals surface area contributed by atoms with Crippen molar-refractivity contribution in [1.29, 1.82) is 0 Å². The molecule has 1 heterocycles. The third-order valence-corrected chi connectivity index (χ3v) is 3.40. The Morgan fingerprint density at radius 2 is 2.20 bits per heavy atom. The SMILES string of the molecule is CCC1COCCN1C(=O)c1ccc(C#CCO)cc1. The van der Waals surface area contributed by atoms with Crippen molar-refractivity contribution < 1.29 is 14.6 Å². The highest BCUT2D eigenvalue weighted by molar-refractivity contribution is 5.94. The molecule has 2 rings (SSSR count). The van der Waals surface area contributed by atoms with Crippen LogP contribution in [0.25, 0.3) is 0 Å². The summed E-state index contributed by atoms with van der Waals surface area (Å²) in [6.45, 7) is 3.76. The Balaban J connectivity index is 2.12. The molecule has 0 aliphatic carbocycles. The van der Waals surface area contributed by atoms with Gasteiger partial charge in [-0.3, -0.25) is 4.79 Å². The summed E-state index contributed by atoms with van der Waals surface area (Å²) in [6, 6.07) is 7.33. The largest absolute Gasteiger partial charge is 0.384 e. The fourth-order valence-corrected chi connectivity index (χ4v) is 2.26. The third kappa shape index (κ3) is 3.38. The first kappa shape index (κ1) is 14.6. The number of benzene rings is 1. The van der Waals surface area contributed by atoms with Gasteiger partial charge >= 0.3 is 0 Å². The van der Waals surface area contributed by atoms with Gasteiger partial charge in [0.15, 0.2) is 0 Å². The van der Waals surface area contributed by atoms with Gasteiger partial charge in [-0.2, -0.15) is 0 Å². The van der Waals surface area contributed by atoms with Crippen LogP contribution in [0.3, 0.4) is 0 Å². The van der Waals surface area contributed by atoms with E-state index in [9.17, 15) is 4.79 Å². The van der Waals surface area contributed by atoms with Crippen molar-refractivity contribution in [3.63, 3.8) is 0 Å². The Morgan fingerprint density at radius 3 is 2.85 bits per heavy atom. The lowest BCUT2D eigenvalue weighted by Gasteiger charge is -2.35. The monoisotopic (exact) mass is 273 g/mol. The van der Waals surface area contributed by atoms with Crippen molar-refractivity contribution in [1.82, 2.24) is 4.90 Å². The van der Waals surface area contributed by atoms with Crippen LogP contribution in [-0.4, -0.2) is 48.3 Å². The zero-order valence-corrected chi connectivity index (χ0v) is 11.6. The maximum absolute atomic E-state index is 12.5. The van der Waals surface area contributed by atoms with E-state index in [1.165, 1.54) is 0 Å². The number of carbonyl (C=O) groups is 1. The standard InChI is InChI=1S/C16H19NO3/c1-2-15-12-20-11-9-17(15)16(19)14-7-5-13(6-8-14)4-3-10-18/h5-8,15,18H,2,9-12H2,1H3. The maximum atomic E-state index is 12.5. The summed E-state index contributed by atoms with van der Waals surface area (Å²) in [7, 11) is 0. The first-order chi connectivity index (χ1) is 9.76. The summed E-state index contributed by atoms with van der Waals surface area (Å²) < 4.78 is 5.42. The summed E-state index contributed by atoms with van der Waals surface area (Å²) in [5.74, 6) is 5.44. The maximum Gasteiger partial charge on any atom is 0.254 e. The van der Waals surface area contributed by atoms with Crippen LogP contribution in [0.15, 0.2) is 24.3 Å². The zero-order valence-electron chi connectivity index (χ0n) is 11.6. The number of rotatable bonds is 2. The van der Waals surface area contributed by atoms with E-state index >= 15 is 0 Å². The first-order valence-corrected chi connectivity index (χ1v) is 6.84. The van der Waals surface area contributed by atoms with Crippen molar-refractivity contribution in [2.75, 3.05) is 26.4 Å². The van der Waals surface area contributed by atoms with Gasteiger partial charge in [-0.05, 0) is 30.7 Å². The van der Waals surface area contributed by atoms with E-state index < -0.39 is 0 Å². The van der Waals surface area contributed by atoms with Crippen LogP contribution in [-0.2, 0) is 4.74 Å². The number of aliphatic hydroxyl groups excluding tert-OH is 1. The number of aliphatic hydroxyl groups is 1. The number of carbonyl (C=O) groups excluding carboxylic acids is 1. The molecule has 1 saturated heterocycles. The van der Waals surface area contributed by atoms with Crippen LogP contribution in [0.1, 0.15) is 29.3 Å². The van der Waals surface area contributed by atoms with E-state index in [0.717, 1.165) is 12.0 Å². The Bertz CT molecular complexity index is 513. The zero-order chi connectivity index (χ0) is 14.4. The molecule has 1 fully saturated rings. The number of hydrogen-bond acceptors (Lipinski definition) is 3. The smallest absolute Gasteiger partial charge is 0.254 e. The molecule has 106 valence electrons. The van der Waals surface area contributed by atoms with E-state index in [1.807, 2.05) is 4.90 Å². The normalized spacial score (nSPS) is 18.3. The molecular formula is C16H19NO3. The molecule has 4 heteroatoms. The molecule has 1 amide bonds. The van der Waals surface area contributed by atoms with Crippen LogP contribution in [0, 0.1) is 11.8 Å². The molecule has 0 spiro atoms. The van der Waals surface area contributed by atoms with Gasteiger partial charge in [0.1, 0.15) is 6.61 Å². The van der Waals surface area contributed by atoms with Crippen LogP contribution in [0.5, 0.6) is 0 Å². The summed E-state index contributed by atoms with van der Waals surface area (Å²) in [4.78, 5) is 14.4. The van der Waals surface area contributed by atoms with Gasteiger partial charge in [0.05, 0.1) is 19.3 Å². The van der Waals surface area contributed by atoms with Gasteiger partial charge in [-0.1, -0.05) is 18.8 Å². The van der Waals surface area contributed by atoms with Crippen molar-refractivity contribution in [2.45, 2.75) is 19.4 Å². The topological polar surface area (TPSA) is 49.8 Å². The predicted molar refractivity (Wildman–Crippen MR) is 76.3 cm³/mol. The highest BCUT2D eigenvalue weighted by Gasteiger charge is 2.26. The second-order valence-corrected chi connectivity index (χ2v) is 4.67. The van der Waals surface area contributed by atoms with Crippen molar-refractivity contribution in [3.8, 4) is 11.8 Å². The molecule has 1 aliphatic heterocycles. The predicted octanol–water partition coefficient (Wildman–Crippen LogP) is 1.28. The second-order valence-electron chi connectivity index (χ2n) is 4.67. The molecule has 0 aromatic heterocycles. The van der Waals surface area contributed by atoms with Gasteiger partial charge in [-0.15, -0.1) is 0 Å². The summed E-state index contributed by atoms with van der Waals surface area (Å²) >= 11 is 0. The van der Waals surface area contributed by atoms with Gasteiger partial charge in [0.2, 0.25) is 0 Å². The summed E-state index contributed by atoms with van der Waals surface area (Å²) in [5, 5.41) is 8.65. The van der Waals surface area contributed by atoms with E-state index in [1.54, 1.807) is 24.3 Å². The van der Waals surface area contributed by atoms with Crippen LogP contribution >= 0.6 is 0 Å². The Hall–Kier alpha value is -1.83.